The van der Waals surface area contributed by atoms with Crippen LogP contribution >= 0.6 is 11.6 Å². The summed E-state index contributed by atoms with van der Waals surface area (Å²) in [6, 6.07) is 8.64. The first-order chi connectivity index (χ1) is 14.0. The molecule has 0 N–H and O–H groups in total. The number of fused-ring (bicyclic) bond motifs is 1. The van der Waals surface area contributed by atoms with Gasteiger partial charge in [-0.15, -0.1) is 0 Å². The first kappa shape index (κ1) is 19.4. The Morgan fingerprint density at radius 2 is 2.03 bits per heavy atom. The van der Waals surface area contributed by atoms with Crippen molar-refractivity contribution in [3.05, 3.63) is 47.2 Å². The van der Waals surface area contributed by atoms with Gasteiger partial charge in [-0.25, -0.2) is 9.97 Å². The molecule has 1 aromatic carbocycles. The van der Waals surface area contributed by atoms with Gasteiger partial charge in [-0.3, -0.25) is 9.59 Å². The summed E-state index contributed by atoms with van der Waals surface area (Å²) in [6.45, 7) is 3.23. The number of aromatic nitrogens is 2. The Bertz CT molecular complexity index is 1060. The van der Waals surface area contributed by atoms with Crippen molar-refractivity contribution in [2.75, 3.05) is 19.7 Å². The molecule has 0 spiro atoms. The fraction of sp³-hybridized carbons (Fsp3) is 0.333. The number of ether oxygens (including phenoxy) is 1. The number of esters is 1. The van der Waals surface area contributed by atoms with Crippen LogP contribution in [0.25, 0.3) is 22.6 Å². The lowest BCUT2D eigenvalue weighted by Crippen LogP contribution is -2.40. The second-order valence-electron chi connectivity index (χ2n) is 6.89. The molecule has 3 heterocycles. The fourth-order valence-corrected chi connectivity index (χ4v) is 3.65. The monoisotopic (exact) mass is 413 g/mol. The molecular formula is C21H20ClN3O4. The number of nitrogens with zero attached hydrogens (tertiary/aromatic N) is 3. The van der Waals surface area contributed by atoms with Gasteiger partial charge in [0, 0.05) is 30.4 Å². The number of pyridine rings is 1. The third-order valence-electron chi connectivity index (χ3n) is 5.01. The maximum Gasteiger partial charge on any atom is 0.309 e. The van der Waals surface area contributed by atoms with E-state index in [0.29, 0.717) is 60.2 Å². The van der Waals surface area contributed by atoms with Gasteiger partial charge in [-0.2, -0.15) is 0 Å². The van der Waals surface area contributed by atoms with Crippen molar-refractivity contribution >= 4 is 34.6 Å². The molecule has 4 rings (SSSR count). The van der Waals surface area contributed by atoms with E-state index < -0.39 is 0 Å². The summed E-state index contributed by atoms with van der Waals surface area (Å²) in [5.41, 5.74) is 2.44. The zero-order chi connectivity index (χ0) is 20.4. The minimum atomic E-state index is -0.174. The van der Waals surface area contributed by atoms with E-state index in [4.69, 9.17) is 20.8 Å². The number of hydrogen-bond donors (Lipinski definition) is 0. The van der Waals surface area contributed by atoms with E-state index in [0.717, 1.165) is 5.56 Å². The van der Waals surface area contributed by atoms with Crippen molar-refractivity contribution in [1.82, 2.24) is 14.9 Å². The van der Waals surface area contributed by atoms with Crippen LogP contribution in [0.3, 0.4) is 0 Å². The van der Waals surface area contributed by atoms with Gasteiger partial charge >= 0.3 is 5.97 Å². The first-order valence-corrected chi connectivity index (χ1v) is 9.91. The van der Waals surface area contributed by atoms with Gasteiger partial charge in [0.2, 0.25) is 5.89 Å². The van der Waals surface area contributed by atoms with E-state index in [2.05, 4.69) is 9.97 Å². The Kier molecular flexibility index (Phi) is 5.49. The summed E-state index contributed by atoms with van der Waals surface area (Å²) in [7, 11) is 0. The van der Waals surface area contributed by atoms with E-state index in [-0.39, 0.29) is 17.8 Å². The normalized spacial score (nSPS) is 14.9. The quantitative estimate of drug-likeness (QED) is 0.475. The summed E-state index contributed by atoms with van der Waals surface area (Å²) >= 11 is 5.93. The standard InChI is InChI=1S/C21H20ClN3O4/c1-2-28-21(27)13-6-9-25(10-7-13)20(26)15-3-4-17-16(11-15)24-19(29-17)14-5-8-23-18(22)12-14/h3-5,8,11-13H,2,6-7,9-10H2,1H3. The molecule has 1 saturated heterocycles. The van der Waals surface area contributed by atoms with Crippen LogP contribution in [-0.4, -0.2) is 46.4 Å². The van der Waals surface area contributed by atoms with Crippen molar-refractivity contribution in [1.29, 1.82) is 0 Å². The second kappa shape index (κ2) is 8.21. The molecule has 0 atom stereocenters. The molecule has 0 radical (unpaired) electrons. The maximum absolute atomic E-state index is 12.9. The summed E-state index contributed by atoms with van der Waals surface area (Å²) in [5, 5.41) is 0.354. The van der Waals surface area contributed by atoms with Crippen molar-refractivity contribution in [2.45, 2.75) is 19.8 Å². The molecule has 7 nitrogen and oxygen atoms in total. The van der Waals surface area contributed by atoms with Crippen LogP contribution in [0, 0.1) is 5.92 Å². The Labute approximate surface area is 172 Å². The number of piperidine rings is 1. The average molecular weight is 414 g/mol. The molecule has 0 aliphatic carbocycles. The number of halogens is 1. The number of amides is 1. The van der Waals surface area contributed by atoms with E-state index in [1.54, 1.807) is 48.4 Å². The van der Waals surface area contributed by atoms with Crippen molar-refractivity contribution in [3.63, 3.8) is 0 Å². The van der Waals surface area contributed by atoms with Crippen LogP contribution in [0.4, 0.5) is 0 Å². The lowest BCUT2D eigenvalue weighted by molar-refractivity contribution is -0.149. The molecule has 29 heavy (non-hydrogen) atoms. The summed E-state index contributed by atoms with van der Waals surface area (Å²) < 4.78 is 10.9. The van der Waals surface area contributed by atoms with Crippen molar-refractivity contribution in [3.8, 4) is 11.5 Å². The molecule has 1 fully saturated rings. The van der Waals surface area contributed by atoms with Gasteiger partial charge in [0.15, 0.2) is 5.58 Å². The van der Waals surface area contributed by atoms with Crippen LogP contribution in [0.5, 0.6) is 0 Å². The highest BCUT2D eigenvalue weighted by Crippen LogP contribution is 2.27. The molecule has 1 amide bonds. The molecule has 1 aliphatic rings. The summed E-state index contributed by atoms with van der Waals surface area (Å²) in [5.74, 6) is 0.0361. The largest absolute Gasteiger partial charge is 0.466 e. The Morgan fingerprint density at radius 1 is 1.24 bits per heavy atom. The Morgan fingerprint density at radius 3 is 2.76 bits per heavy atom. The van der Waals surface area contributed by atoms with Crippen LogP contribution in [0.1, 0.15) is 30.1 Å². The number of oxazole rings is 1. The lowest BCUT2D eigenvalue weighted by Gasteiger charge is -2.30. The van der Waals surface area contributed by atoms with Crippen LogP contribution in [-0.2, 0) is 9.53 Å². The number of benzene rings is 1. The number of hydrogen-bond acceptors (Lipinski definition) is 6. The van der Waals surface area contributed by atoms with Crippen molar-refractivity contribution in [2.24, 2.45) is 5.92 Å². The van der Waals surface area contributed by atoms with E-state index in [1.807, 2.05) is 0 Å². The van der Waals surface area contributed by atoms with E-state index in [9.17, 15) is 9.59 Å². The van der Waals surface area contributed by atoms with Crippen LogP contribution in [0.2, 0.25) is 5.15 Å². The minimum absolute atomic E-state index is 0.0780. The summed E-state index contributed by atoms with van der Waals surface area (Å²) in [6.07, 6.45) is 2.81. The zero-order valence-electron chi connectivity index (χ0n) is 15.9. The Hall–Kier alpha value is -2.93. The highest BCUT2D eigenvalue weighted by molar-refractivity contribution is 6.29. The SMILES string of the molecule is CCOC(=O)C1CCN(C(=O)c2ccc3oc(-c4ccnc(Cl)c4)nc3c2)CC1. The number of rotatable bonds is 4. The van der Waals surface area contributed by atoms with Gasteiger partial charge in [-0.1, -0.05) is 11.6 Å². The smallest absolute Gasteiger partial charge is 0.309 e. The fourth-order valence-electron chi connectivity index (χ4n) is 3.48. The van der Waals surface area contributed by atoms with Crippen molar-refractivity contribution < 1.29 is 18.7 Å². The number of carbonyl (C=O) groups excluding carboxylic acids is 2. The summed E-state index contributed by atoms with van der Waals surface area (Å²) in [4.78, 5) is 35.0. The minimum Gasteiger partial charge on any atom is -0.466 e. The zero-order valence-corrected chi connectivity index (χ0v) is 16.7. The average Bonchev–Trinajstić information content (AvgIpc) is 3.17. The third kappa shape index (κ3) is 4.10. The molecule has 0 saturated carbocycles. The first-order valence-electron chi connectivity index (χ1n) is 9.53. The van der Waals surface area contributed by atoms with Gasteiger partial charge in [0.25, 0.3) is 5.91 Å². The number of likely N-dealkylation sites (tertiary alicyclic amines) is 1. The van der Waals surface area contributed by atoms with Gasteiger partial charge in [-0.05, 0) is 50.1 Å². The second-order valence-corrected chi connectivity index (χ2v) is 7.27. The molecule has 0 bridgehead atoms. The predicted octanol–water partition coefficient (Wildman–Crippen LogP) is 3.96. The highest BCUT2D eigenvalue weighted by atomic mass is 35.5. The third-order valence-corrected chi connectivity index (χ3v) is 5.22. The predicted molar refractivity (Wildman–Crippen MR) is 108 cm³/mol. The van der Waals surface area contributed by atoms with Gasteiger partial charge in [0.05, 0.1) is 12.5 Å². The van der Waals surface area contributed by atoms with E-state index in [1.165, 1.54) is 0 Å². The van der Waals surface area contributed by atoms with Crippen LogP contribution < -0.4 is 0 Å². The molecule has 8 heteroatoms. The molecular weight excluding hydrogens is 394 g/mol. The lowest BCUT2D eigenvalue weighted by atomic mass is 9.96. The topological polar surface area (TPSA) is 85.5 Å². The molecule has 0 unspecified atom stereocenters. The molecule has 1 aliphatic heterocycles. The van der Waals surface area contributed by atoms with E-state index >= 15 is 0 Å². The maximum atomic E-state index is 12.9. The van der Waals surface area contributed by atoms with Gasteiger partial charge < -0.3 is 14.1 Å². The highest BCUT2D eigenvalue weighted by Gasteiger charge is 2.28. The molecule has 2 aromatic heterocycles. The molecule has 3 aromatic rings. The van der Waals surface area contributed by atoms with Gasteiger partial charge in [0.1, 0.15) is 10.7 Å². The Balaban J connectivity index is 1.49. The van der Waals surface area contributed by atoms with Crippen LogP contribution in [0.15, 0.2) is 40.9 Å². The number of carbonyl (C=O) groups is 2. The molecule has 150 valence electrons.